The van der Waals surface area contributed by atoms with Crippen molar-refractivity contribution in [3.63, 3.8) is 0 Å². The van der Waals surface area contributed by atoms with Gasteiger partial charge in [-0.1, -0.05) is 5.16 Å². The number of hydrogen-bond donors (Lipinski definition) is 0. The summed E-state index contributed by atoms with van der Waals surface area (Å²) >= 11 is 0. The van der Waals surface area contributed by atoms with Crippen LogP contribution in [0.15, 0.2) is 41.2 Å². The van der Waals surface area contributed by atoms with Crippen molar-refractivity contribution in [1.29, 1.82) is 0 Å². The average Bonchev–Trinajstić information content (AvgIpc) is 3.29. The molecule has 3 aromatic rings. The van der Waals surface area contributed by atoms with E-state index in [-0.39, 0.29) is 5.91 Å². The van der Waals surface area contributed by atoms with E-state index in [2.05, 4.69) is 31.3 Å². The number of carbonyl (C=O) groups is 1. The van der Waals surface area contributed by atoms with Gasteiger partial charge in [0.25, 0.3) is 5.91 Å². The number of amides is 1. The van der Waals surface area contributed by atoms with Crippen LogP contribution in [-0.2, 0) is 12.8 Å². The minimum absolute atomic E-state index is 0.111. The summed E-state index contributed by atoms with van der Waals surface area (Å²) in [6.45, 7) is 2.69. The second kappa shape index (κ2) is 7.62. The normalized spacial score (nSPS) is 16.6. The molecule has 1 amide bonds. The summed E-state index contributed by atoms with van der Waals surface area (Å²) in [5.74, 6) is 1.35. The van der Waals surface area contributed by atoms with Gasteiger partial charge in [-0.15, -0.1) is 5.10 Å². The summed E-state index contributed by atoms with van der Waals surface area (Å²) in [5.41, 5.74) is 3.59. The van der Waals surface area contributed by atoms with Crippen molar-refractivity contribution < 1.29 is 9.32 Å². The zero-order chi connectivity index (χ0) is 19.6. The molecular weight excluding hydrogens is 368 g/mol. The zero-order valence-electron chi connectivity index (χ0n) is 16.1. The lowest BCUT2D eigenvalue weighted by molar-refractivity contribution is 0.0736. The van der Waals surface area contributed by atoms with Crippen LogP contribution in [0.2, 0.25) is 0 Å². The van der Waals surface area contributed by atoms with E-state index in [0.717, 1.165) is 43.0 Å². The lowest BCUT2D eigenvalue weighted by atomic mass is 9.97. The first-order valence-electron chi connectivity index (χ1n) is 10.0. The molecule has 1 aliphatic heterocycles. The van der Waals surface area contributed by atoms with Gasteiger partial charge in [-0.2, -0.15) is 5.10 Å². The van der Waals surface area contributed by atoms with Crippen molar-refractivity contribution in [2.75, 3.05) is 31.1 Å². The molecule has 0 bridgehead atoms. The van der Waals surface area contributed by atoms with Gasteiger partial charge in [0, 0.05) is 50.2 Å². The van der Waals surface area contributed by atoms with Crippen LogP contribution >= 0.6 is 0 Å². The van der Waals surface area contributed by atoms with E-state index in [4.69, 9.17) is 4.52 Å². The van der Waals surface area contributed by atoms with Gasteiger partial charge >= 0.3 is 0 Å². The van der Waals surface area contributed by atoms with Crippen LogP contribution < -0.4 is 4.90 Å². The maximum Gasteiger partial charge on any atom is 0.276 e. The summed E-state index contributed by atoms with van der Waals surface area (Å²) in [4.78, 5) is 20.9. The van der Waals surface area contributed by atoms with Crippen LogP contribution in [0, 0.1) is 0 Å². The molecule has 0 spiro atoms. The van der Waals surface area contributed by atoms with E-state index in [1.54, 1.807) is 18.5 Å². The minimum Gasteiger partial charge on any atom is -0.355 e. The molecule has 0 saturated carbocycles. The Morgan fingerprint density at radius 3 is 2.72 bits per heavy atom. The van der Waals surface area contributed by atoms with Crippen molar-refractivity contribution in [1.82, 2.24) is 25.2 Å². The highest BCUT2D eigenvalue weighted by atomic mass is 16.5. The maximum atomic E-state index is 12.8. The fraction of sp³-hybridized carbons (Fsp3) is 0.381. The minimum atomic E-state index is -0.111. The third kappa shape index (κ3) is 3.57. The van der Waals surface area contributed by atoms with Crippen molar-refractivity contribution in [2.24, 2.45) is 0 Å². The Balaban J connectivity index is 1.24. The Morgan fingerprint density at radius 1 is 1.03 bits per heavy atom. The molecule has 29 heavy (non-hydrogen) atoms. The molecule has 0 radical (unpaired) electrons. The number of aromatic nitrogens is 4. The number of fused-ring (bicyclic) bond motifs is 1. The van der Waals surface area contributed by atoms with Gasteiger partial charge in [-0.25, -0.2) is 0 Å². The summed E-state index contributed by atoms with van der Waals surface area (Å²) in [6.07, 6.45) is 7.92. The molecule has 1 fully saturated rings. The summed E-state index contributed by atoms with van der Waals surface area (Å²) < 4.78 is 5.34. The molecule has 3 aromatic heterocycles. The van der Waals surface area contributed by atoms with E-state index in [1.807, 2.05) is 17.0 Å². The van der Waals surface area contributed by atoms with E-state index < -0.39 is 0 Å². The number of pyridine rings is 1. The predicted molar refractivity (Wildman–Crippen MR) is 107 cm³/mol. The number of hydrogen-bond acceptors (Lipinski definition) is 7. The van der Waals surface area contributed by atoms with Gasteiger partial charge in [-0.3, -0.25) is 9.78 Å². The first-order valence-corrected chi connectivity index (χ1v) is 10.0. The largest absolute Gasteiger partial charge is 0.355 e. The van der Waals surface area contributed by atoms with Crippen molar-refractivity contribution in [3.05, 3.63) is 53.6 Å². The molecule has 1 saturated heterocycles. The molecule has 8 nitrogen and oxygen atoms in total. The average molecular weight is 390 g/mol. The van der Waals surface area contributed by atoms with Crippen LogP contribution in [0.4, 0.5) is 5.82 Å². The first kappa shape index (κ1) is 17.8. The number of piperazine rings is 1. The van der Waals surface area contributed by atoms with Crippen LogP contribution in [0.1, 0.15) is 34.6 Å². The van der Waals surface area contributed by atoms with Gasteiger partial charge in [-0.05, 0) is 49.4 Å². The first-order chi connectivity index (χ1) is 14.3. The third-order valence-corrected chi connectivity index (χ3v) is 5.62. The van der Waals surface area contributed by atoms with Gasteiger partial charge in [0.05, 0.1) is 5.69 Å². The molecule has 148 valence electrons. The van der Waals surface area contributed by atoms with E-state index in [9.17, 15) is 4.79 Å². The molecule has 8 heteroatoms. The molecule has 0 atom stereocenters. The Kier molecular flexibility index (Phi) is 4.67. The topological polar surface area (TPSA) is 88.3 Å². The molecule has 4 heterocycles. The van der Waals surface area contributed by atoms with Gasteiger partial charge < -0.3 is 14.3 Å². The van der Waals surface area contributed by atoms with Crippen LogP contribution in [0.25, 0.3) is 11.3 Å². The number of anilines is 1. The Morgan fingerprint density at radius 2 is 1.90 bits per heavy atom. The summed E-state index contributed by atoms with van der Waals surface area (Å²) in [5, 5.41) is 12.8. The molecule has 0 unspecified atom stereocenters. The summed E-state index contributed by atoms with van der Waals surface area (Å²) in [6, 6.07) is 7.56. The highest BCUT2D eigenvalue weighted by Gasteiger charge is 2.26. The molecule has 2 aliphatic rings. The molecule has 5 rings (SSSR count). The standard InChI is InChI=1S/C21H22N6O2/c28-21(18-13-19(29-25-18)16-5-3-7-22-14-16)27-10-8-26(9-11-27)20-12-15-4-1-2-6-17(15)23-24-20/h3,5,7,12-14H,1-2,4,6,8-11H2. The van der Waals surface area contributed by atoms with Crippen LogP contribution in [0.5, 0.6) is 0 Å². The molecular formula is C21H22N6O2. The Hall–Kier alpha value is -3.29. The van der Waals surface area contributed by atoms with Gasteiger partial charge in [0.15, 0.2) is 17.3 Å². The Labute approximate surface area is 168 Å². The highest BCUT2D eigenvalue weighted by molar-refractivity contribution is 5.93. The maximum absolute atomic E-state index is 12.8. The number of carbonyl (C=O) groups excluding carboxylic acids is 1. The van der Waals surface area contributed by atoms with Crippen molar-refractivity contribution >= 4 is 11.7 Å². The van der Waals surface area contributed by atoms with E-state index in [0.29, 0.717) is 24.5 Å². The lowest BCUT2D eigenvalue weighted by Gasteiger charge is -2.35. The second-order valence-corrected chi connectivity index (χ2v) is 7.48. The van der Waals surface area contributed by atoms with Crippen molar-refractivity contribution in [2.45, 2.75) is 25.7 Å². The number of rotatable bonds is 3. The van der Waals surface area contributed by atoms with Gasteiger partial charge in [0.1, 0.15) is 0 Å². The zero-order valence-corrected chi connectivity index (χ0v) is 16.1. The monoisotopic (exact) mass is 390 g/mol. The fourth-order valence-corrected chi connectivity index (χ4v) is 3.95. The van der Waals surface area contributed by atoms with Crippen LogP contribution in [0.3, 0.4) is 0 Å². The second-order valence-electron chi connectivity index (χ2n) is 7.48. The molecule has 1 aliphatic carbocycles. The summed E-state index contributed by atoms with van der Waals surface area (Å²) in [7, 11) is 0. The quantitative estimate of drug-likeness (QED) is 0.678. The van der Waals surface area contributed by atoms with Crippen molar-refractivity contribution in [3.8, 4) is 11.3 Å². The fourth-order valence-electron chi connectivity index (χ4n) is 3.95. The van der Waals surface area contributed by atoms with E-state index in [1.165, 1.54) is 18.4 Å². The van der Waals surface area contributed by atoms with E-state index >= 15 is 0 Å². The predicted octanol–water partition coefficient (Wildman–Crippen LogP) is 2.37. The van der Waals surface area contributed by atoms with Crippen LogP contribution in [-0.4, -0.2) is 57.3 Å². The Bertz CT molecular complexity index is 1010. The van der Waals surface area contributed by atoms with Gasteiger partial charge in [0.2, 0.25) is 0 Å². The third-order valence-electron chi connectivity index (χ3n) is 5.62. The number of aryl methyl sites for hydroxylation is 2. The smallest absolute Gasteiger partial charge is 0.276 e. The lowest BCUT2D eigenvalue weighted by Crippen LogP contribution is -2.49. The SMILES string of the molecule is O=C(c1cc(-c2cccnc2)on1)N1CCN(c2cc3c(nn2)CCCC3)CC1. The number of nitrogens with zero attached hydrogens (tertiary/aromatic N) is 6. The molecule has 0 aromatic carbocycles. The molecule has 0 N–H and O–H groups in total. The highest BCUT2D eigenvalue weighted by Crippen LogP contribution is 2.24.